The van der Waals surface area contributed by atoms with Crippen LogP contribution in [0.3, 0.4) is 0 Å². The average molecular weight is 278 g/mol. The van der Waals surface area contributed by atoms with Crippen molar-refractivity contribution in [1.29, 1.82) is 0 Å². The highest BCUT2D eigenvalue weighted by molar-refractivity contribution is 5.92. The molecule has 0 aliphatic heterocycles. The van der Waals surface area contributed by atoms with E-state index in [2.05, 4.69) is 9.78 Å². The molecule has 0 unspecified atom stereocenters. The summed E-state index contributed by atoms with van der Waals surface area (Å²) in [5, 5.41) is 0. The fourth-order valence-electron chi connectivity index (χ4n) is 1.34. The normalized spacial score (nSPS) is 9.90. The molecule has 20 heavy (non-hydrogen) atoms. The first-order chi connectivity index (χ1) is 9.56. The molecule has 0 aliphatic rings. The van der Waals surface area contributed by atoms with Gasteiger partial charge in [-0.2, -0.15) is 0 Å². The van der Waals surface area contributed by atoms with E-state index in [-0.39, 0.29) is 11.1 Å². The quantitative estimate of drug-likeness (QED) is 0.626. The lowest BCUT2D eigenvalue weighted by Gasteiger charge is -2.03. The van der Waals surface area contributed by atoms with Crippen molar-refractivity contribution < 1.29 is 28.1 Å². The number of hydrogen-bond donors (Lipinski definition) is 0. The van der Waals surface area contributed by atoms with Crippen LogP contribution in [0.4, 0.5) is 8.78 Å². The molecule has 0 heterocycles. The van der Waals surface area contributed by atoms with Gasteiger partial charge in [-0.15, -0.1) is 0 Å². The van der Waals surface area contributed by atoms with E-state index < -0.39 is 23.6 Å². The lowest BCUT2D eigenvalue weighted by atomic mass is 10.2. The van der Waals surface area contributed by atoms with Crippen LogP contribution >= 0.6 is 0 Å². The Labute approximate surface area is 112 Å². The van der Waals surface area contributed by atoms with Gasteiger partial charge in [0.2, 0.25) is 0 Å². The minimum atomic E-state index is -0.944. The zero-order valence-corrected chi connectivity index (χ0v) is 10.0. The summed E-state index contributed by atoms with van der Waals surface area (Å²) in [6.45, 7) is 0. The molecule has 0 amide bonds. The number of hydrogen-bond acceptors (Lipinski definition) is 4. The second-order valence-corrected chi connectivity index (χ2v) is 3.76. The molecule has 0 fully saturated rings. The highest BCUT2D eigenvalue weighted by Gasteiger charge is 2.14. The van der Waals surface area contributed by atoms with Gasteiger partial charge >= 0.3 is 11.9 Å². The molecule has 2 rings (SSSR count). The van der Waals surface area contributed by atoms with Crippen LogP contribution in [0.1, 0.15) is 20.7 Å². The predicted octanol–water partition coefficient (Wildman–Crippen LogP) is 2.89. The fourth-order valence-corrected chi connectivity index (χ4v) is 1.34. The van der Waals surface area contributed by atoms with E-state index >= 15 is 0 Å². The smallest absolute Gasteiger partial charge is 0.242 e. The molecule has 0 aromatic heterocycles. The lowest BCUT2D eigenvalue weighted by Crippen LogP contribution is -2.11. The van der Waals surface area contributed by atoms with Gasteiger partial charge in [-0.3, -0.25) is 0 Å². The first-order valence-electron chi connectivity index (χ1n) is 5.50. The molecule has 0 spiro atoms. The van der Waals surface area contributed by atoms with Gasteiger partial charge < -0.3 is 0 Å². The Kier molecular flexibility index (Phi) is 4.05. The Hall–Kier alpha value is -2.76. The van der Waals surface area contributed by atoms with Crippen LogP contribution in [0, 0.1) is 11.6 Å². The SMILES string of the molecule is O=C(OOC(=O)c1ccc(F)cc1)c1ccc(F)cc1. The van der Waals surface area contributed by atoms with E-state index in [4.69, 9.17) is 0 Å². The van der Waals surface area contributed by atoms with Crippen LogP contribution in [0.2, 0.25) is 0 Å². The Morgan fingerprint density at radius 2 is 0.950 bits per heavy atom. The number of carbonyl (C=O) groups excluding carboxylic acids is 2. The molecule has 0 aliphatic carbocycles. The summed E-state index contributed by atoms with van der Waals surface area (Å²) < 4.78 is 25.3. The number of carbonyl (C=O) groups is 2. The molecule has 2 aromatic carbocycles. The zero-order chi connectivity index (χ0) is 14.5. The molecule has 0 radical (unpaired) electrons. The van der Waals surface area contributed by atoms with Gasteiger partial charge in [0, 0.05) is 0 Å². The topological polar surface area (TPSA) is 52.6 Å². The van der Waals surface area contributed by atoms with Crippen molar-refractivity contribution in [2.75, 3.05) is 0 Å². The second-order valence-electron chi connectivity index (χ2n) is 3.76. The van der Waals surface area contributed by atoms with Crippen molar-refractivity contribution in [2.45, 2.75) is 0 Å². The molecular weight excluding hydrogens is 270 g/mol. The third-order valence-corrected chi connectivity index (χ3v) is 2.35. The molecule has 0 bridgehead atoms. The molecule has 0 saturated carbocycles. The molecule has 6 heteroatoms. The monoisotopic (exact) mass is 278 g/mol. The van der Waals surface area contributed by atoms with E-state index in [1.54, 1.807) is 0 Å². The fraction of sp³-hybridized carbons (Fsp3) is 0. The molecule has 4 nitrogen and oxygen atoms in total. The van der Waals surface area contributed by atoms with Crippen molar-refractivity contribution >= 4 is 11.9 Å². The maximum Gasteiger partial charge on any atom is 0.386 e. The minimum absolute atomic E-state index is 0.0262. The largest absolute Gasteiger partial charge is 0.386 e. The summed E-state index contributed by atoms with van der Waals surface area (Å²) in [6.07, 6.45) is 0. The van der Waals surface area contributed by atoms with E-state index in [0.29, 0.717) is 0 Å². The van der Waals surface area contributed by atoms with E-state index in [1.165, 1.54) is 24.3 Å². The standard InChI is InChI=1S/C14H8F2O4/c15-11-5-1-9(2-6-11)13(17)19-20-14(18)10-3-7-12(16)8-4-10/h1-8H. The molecule has 102 valence electrons. The molecule has 0 atom stereocenters. The molecule has 0 saturated heterocycles. The zero-order valence-electron chi connectivity index (χ0n) is 10.0. The van der Waals surface area contributed by atoms with Gasteiger partial charge in [0.15, 0.2) is 0 Å². The number of benzene rings is 2. The predicted molar refractivity (Wildman–Crippen MR) is 63.6 cm³/mol. The van der Waals surface area contributed by atoms with Gasteiger partial charge in [-0.25, -0.2) is 28.1 Å². The van der Waals surface area contributed by atoms with Crippen LogP contribution in [0.25, 0.3) is 0 Å². The van der Waals surface area contributed by atoms with Crippen molar-refractivity contribution in [1.82, 2.24) is 0 Å². The maximum atomic E-state index is 12.6. The van der Waals surface area contributed by atoms with Crippen LogP contribution in [0.15, 0.2) is 48.5 Å². The summed E-state index contributed by atoms with van der Waals surface area (Å²) in [6, 6.07) is 9.01. The third kappa shape index (κ3) is 3.38. The van der Waals surface area contributed by atoms with Crippen molar-refractivity contribution in [2.24, 2.45) is 0 Å². The summed E-state index contributed by atoms with van der Waals surface area (Å²) in [5.41, 5.74) is 0.0524. The van der Waals surface area contributed by atoms with Crippen LogP contribution in [-0.2, 0) is 9.78 Å². The van der Waals surface area contributed by atoms with Crippen molar-refractivity contribution in [3.8, 4) is 0 Å². The van der Waals surface area contributed by atoms with E-state index in [0.717, 1.165) is 24.3 Å². The Bertz CT molecular complexity index is 563. The minimum Gasteiger partial charge on any atom is -0.242 e. The van der Waals surface area contributed by atoms with E-state index in [1.807, 2.05) is 0 Å². The van der Waals surface area contributed by atoms with Gasteiger partial charge in [0.05, 0.1) is 11.1 Å². The summed E-state index contributed by atoms with van der Waals surface area (Å²) in [7, 11) is 0. The number of rotatable bonds is 2. The Balaban J connectivity index is 1.94. The highest BCUT2D eigenvalue weighted by atomic mass is 19.1. The maximum absolute atomic E-state index is 12.6. The molecule has 2 aromatic rings. The van der Waals surface area contributed by atoms with Crippen LogP contribution in [0.5, 0.6) is 0 Å². The average Bonchev–Trinajstić information content (AvgIpc) is 2.46. The first kappa shape index (κ1) is 13.7. The Morgan fingerprint density at radius 3 is 1.25 bits per heavy atom. The lowest BCUT2D eigenvalue weighted by molar-refractivity contribution is -0.187. The van der Waals surface area contributed by atoms with Gasteiger partial charge in [0.1, 0.15) is 11.6 Å². The third-order valence-electron chi connectivity index (χ3n) is 2.35. The van der Waals surface area contributed by atoms with E-state index in [9.17, 15) is 18.4 Å². The number of halogens is 2. The first-order valence-corrected chi connectivity index (χ1v) is 5.50. The van der Waals surface area contributed by atoms with Crippen LogP contribution < -0.4 is 0 Å². The highest BCUT2D eigenvalue weighted by Crippen LogP contribution is 2.08. The van der Waals surface area contributed by atoms with Gasteiger partial charge in [-0.1, -0.05) is 0 Å². The van der Waals surface area contributed by atoms with Crippen molar-refractivity contribution in [3.05, 3.63) is 71.3 Å². The Morgan fingerprint density at radius 1 is 0.650 bits per heavy atom. The van der Waals surface area contributed by atoms with Crippen LogP contribution in [-0.4, -0.2) is 11.9 Å². The molecule has 0 N–H and O–H groups in total. The molecular formula is C14H8F2O4. The van der Waals surface area contributed by atoms with Crippen molar-refractivity contribution in [3.63, 3.8) is 0 Å². The van der Waals surface area contributed by atoms with Gasteiger partial charge in [0.25, 0.3) is 0 Å². The van der Waals surface area contributed by atoms with Gasteiger partial charge in [-0.05, 0) is 48.5 Å². The summed E-state index contributed by atoms with van der Waals surface area (Å²) in [4.78, 5) is 31.5. The summed E-state index contributed by atoms with van der Waals surface area (Å²) in [5.74, 6) is -2.91. The summed E-state index contributed by atoms with van der Waals surface area (Å²) >= 11 is 0. The second kappa shape index (κ2) is 5.92.